The van der Waals surface area contributed by atoms with E-state index in [0.29, 0.717) is 0 Å². The highest BCUT2D eigenvalue weighted by Gasteiger charge is 2.37. The van der Waals surface area contributed by atoms with Gasteiger partial charge in [-0.3, -0.25) is 0 Å². The van der Waals surface area contributed by atoms with Crippen LogP contribution < -0.4 is 4.90 Å². The van der Waals surface area contributed by atoms with Crippen molar-refractivity contribution in [1.29, 1.82) is 0 Å². The van der Waals surface area contributed by atoms with Crippen LogP contribution in [0.1, 0.15) is 49.9 Å². The molecule has 2 aliphatic carbocycles. The molecule has 0 heterocycles. The van der Waals surface area contributed by atoms with Crippen LogP contribution in [0.3, 0.4) is 0 Å². The lowest BCUT2D eigenvalue weighted by molar-refractivity contribution is 0.660. The van der Waals surface area contributed by atoms with Gasteiger partial charge in [-0.1, -0.05) is 143 Å². The van der Waals surface area contributed by atoms with Crippen LogP contribution in [0, 0.1) is 0 Å². The second-order valence-electron chi connectivity index (χ2n) is 14.2. The highest BCUT2D eigenvalue weighted by Crippen LogP contribution is 2.53. The van der Waals surface area contributed by atoms with E-state index in [9.17, 15) is 0 Å². The zero-order valence-electron chi connectivity index (χ0n) is 27.4. The minimum atomic E-state index is -0.0767. The van der Waals surface area contributed by atoms with Gasteiger partial charge in [-0.2, -0.15) is 0 Å². The summed E-state index contributed by atoms with van der Waals surface area (Å²) in [5.41, 5.74) is 16.8. The van der Waals surface area contributed by atoms with Gasteiger partial charge in [0.05, 0.1) is 0 Å². The fourth-order valence-electron chi connectivity index (χ4n) is 8.39. The number of anilines is 3. The molecule has 0 spiro atoms. The molecule has 0 saturated carbocycles. The summed E-state index contributed by atoms with van der Waals surface area (Å²) in [6.07, 6.45) is 0. The van der Waals surface area contributed by atoms with Crippen molar-refractivity contribution in [3.8, 4) is 33.4 Å². The van der Waals surface area contributed by atoms with Gasteiger partial charge in [-0.05, 0) is 103 Å². The molecule has 9 rings (SSSR count). The van der Waals surface area contributed by atoms with Gasteiger partial charge in [0.25, 0.3) is 0 Å². The summed E-state index contributed by atoms with van der Waals surface area (Å²) in [4.78, 5) is 2.44. The van der Waals surface area contributed by atoms with E-state index in [1.165, 1.54) is 77.8 Å². The fraction of sp³-hybridized carbons (Fsp3) is 0.130. The second-order valence-corrected chi connectivity index (χ2v) is 14.2. The molecule has 7 aromatic rings. The Kier molecular flexibility index (Phi) is 5.96. The predicted octanol–water partition coefficient (Wildman–Crippen LogP) is 12.6. The van der Waals surface area contributed by atoms with E-state index >= 15 is 0 Å². The first-order valence-corrected chi connectivity index (χ1v) is 16.7. The van der Waals surface area contributed by atoms with Gasteiger partial charge < -0.3 is 4.90 Å². The van der Waals surface area contributed by atoms with Crippen LogP contribution in [0.25, 0.3) is 44.2 Å². The van der Waals surface area contributed by atoms with E-state index in [0.717, 1.165) is 5.69 Å². The summed E-state index contributed by atoms with van der Waals surface area (Å²) < 4.78 is 0. The molecule has 0 aromatic heterocycles. The Morgan fingerprint density at radius 3 is 1.64 bits per heavy atom. The van der Waals surface area contributed by atoms with E-state index in [1.54, 1.807) is 0 Å². The van der Waals surface area contributed by atoms with Crippen molar-refractivity contribution in [2.45, 2.75) is 38.5 Å². The molecule has 0 N–H and O–H groups in total. The molecule has 0 amide bonds. The van der Waals surface area contributed by atoms with Crippen LogP contribution in [0.5, 0.6) is 0 Å². The molecule has 0 aliphatic heterocycles. The number of hydrogen-bond acceptors (Lipinski definition) is 1. The molecular weight excluding hydrogens is 567 g/mol. The third-order valence-corrected chi connectivity index (χ3v) is 10.9. The Hall–Kier alpha value is -5.40. The first-order chi connectivity index (χ1) is 22.8. The Labute approximate surface area is 277 Å². The summed E-state index contributed by atoms with van der Waals surface area (Å²) in [5, 5.41) is 2.54. The number of benzene rings is 7. The van der Waals surface area contributed by atoms with E-state index in [4.69, 9.17) is 0 Å². The SMILES string of the molecule is CC1(C)c2ccccc2-c2cc(N(c3ccc(-c4cccc5ccccc45)cc3)c3ccc4c(c3)C(C)(C)c3ccccc3-4)ccc21. The monoisotopic (exact) mass is 603 g/mol. The fourth-order valence-corrected chi connectivity index (χ4v) is 8.39. The van der Waals surface area contributed by atoms with E-state index in [-0.39, 0.29) is 10.8 Å². The van der Waals surface area contributed by atoms with Gasteiger partial charge in [0.2, 0.25) is 0 Å². The molecule has 47 heavy (non-hydrogen) atoms. The third kappa shape index (κ3) is 4.09. The van der Waals surface area contributed by atoms with Gasteiger partial charge in [0.15, 0.2) is 0 Å². The minimum absolute atomic E-state index is 0.0290. The Morgan fingerprint density at radius 2 is 0.872 bits per heavy atom. The first kappa shape index (κ1) is 27.9. The summed E-state index contributed by atoms with van der Waals surface area (Å²) in [7, 11) is 0. The summed E-state index contributed by atoms with van der Waals surface area (Å²) >= 11 is 0. The average molecular weight is 604 g/mol. The van der Waals surface area contributed by atoms with Crippen molar-refractivity contribution < 1.29 is 0 Å². The van der Waals surface area contributed by atoms with Crippen LogP contribution in [0.4, 0.5) is 17.1 Å². The molecule has 2 aliphatic rings. The topological polar surface area (TPSA) is 3.24 Å². The molecule has 7 aromatic carbocycles. The minimum Gasteiger partial charge on any atom is -0.310 e. The quantitative estimate of drug-likeness (QED) is 0.193. The molecule has 1 heteroatoms. The van der Waals surface area contributed by atoms with Crippen molar-refractivity contribution >= 4 is 27.8 Å². The van der Waals surface area contributed by atoms with Crippen LogP contribution in [0.15, 0.2) is 152 Å². The van der Waals surface area contributed by atoms with Gasteiger partial charge in [-0.15, -0.1) is 0 Å². The van der Waals surface area contributed by atoms with Crippen LogP contribution in [-0.2, 0) is 10.8 Å². The molecule has 0 radical (unpaired) electrons. The van der Waals surface area contributed by atoms with Crippen molar-refractivity contribution in [2.75, 3.05) is 4.90 Å². The number of hydrogen-bond donors (Lipinski definition) is 0. The smallest absolute Gasteiger partial charge is 0.0468 e. The number of nitrogens with zero attached hydrogens (tertiary/aromatic N) is 1. The zero-order chi connectivity index (χ0) is 31.9. The maximum absolute atomic E-state index is 2.44. The molecule has 0 fully saturated rings. The van der Waals surface area contributed by atoms with Crippen LogP contribution in [-0.4, -0.2) is 0 Å². The molecule has 0 atom stereocenters. The lowest BCUT2D eigenvalue weighted by Crippen LogP contribution is -2.17. The average Bonchev–Trinajstić information content (AvgIpc) is 3.48. The highest BCUT2D eigenvalue weighted by molar-refractivity contribution is 5.97. The van der Waals surface area contributed by atoms with E-state index in [1.807, 2.05) is 0 Å². The van der Waals surface area contributed by atoms with Crippen molar-refractivity contribution in [2.24, 2.45) is 0 Å². The van der Waals surface area contributed by atoms with E-state index < -0.39 is 0 Å². The number of fused-ring (bicyclic) bond motifs is 7. The largest absolute Gasteiger partial charge is 0.310 e. The molecule has 0 unspecified atom stereocenters. The zero-order valence-corrected chi connectivity index (χ0v) is 27.4. The van der Waals surface area contributed by atoms with Crippen molar-refractivity contribution in [1.82, 2.24) is 0 Å². The van der Waals surface area contributed by atoms with E-state index in [2.05, 4.69) is 184 Å². The lowest BCUT2D eigenvalue weighted by atomic mass is 9.82. The lowest BCUT2D eigenvalue weighted by Gasteiger charge is -2.29. The second kappa shape index (κ2) is 10.0. The number of rotatable bonds is 4. The van der Waals surface area contributed by atoms with Crippen LogP contribution >= 0.6 is 0 Å². The van der Waals surface area contributed by atoms with Gasteiger partial charge in [0.1, 0.15) is 0 Å². The molecular formula is C46H37N. The molecule has 0 saturated heterocycles. The van der Waals surface area contributed by atoms with Gasteiger partial charge in [0, 0.05) is 27.9 Å². The molecule has 1 nitrogen and oxygen atoms in total. The summed E-state index contributed by atoms with van der Waals surface area (Å²) in [5.74, 6) is 0. The predicted molar refractivity (Wildman–Crippen MR) is 199 cm³/mol. The Balaban J connectivity index is 1.22. The van der Waals surface area contributed by atoms with Gasteiger partial charge in [-0.25, -0.2) is 0 Å². The highest BCUT2D eigenvalue weighted by atomic mass is 15.1. The Bertz CT molecular complexity index is 2350. The maximum atomic E-state index is 2.44. The maximum Gasteiger partial charge on any atom is 0.0468 e. The third-order valence-electron chi connectivity index (χ3n) is 10.9. The molecule has 0 bridgehead atoms. The summed E-state index contributed by atoms with van der Waals surface area (Å²) in [6.45, 7) is 9.42. The Morgan fingerprint density at radius 1 is 0.362 bits per heavy atom. The molecule has 226 valence electrons. The normalized spacial score (nSPS) is 14.7. The first-order valence-electron chi connectivity index (χ1n) is 16.7. The van der Waals surface area contributed by atoms with Gasteiger partial charge >= 0.3 is 0 Å². The van der Waals surface area contributed by atoms with Crippen molar-refractivity contribution in [3.05, 3.63) is 174 Å². The van der Waals surface area contributed by atoms with Crippen LogP contribution in [0.2, 0.25) is 0 Å². The summed E-state index contributed by atoms with van der Waals surface area (Å²) in [6, 6.07) is 56.3. The standard InChI is InChI=1S/C46H37N/c1-45(2)42-19-10-8-16-38(42)40-28-33(25-27-43(40)45)47(34-24-26-39-37-15-7-9-18-41(37)46(3,4)44(39)29-34)32-22-20-31(21-23-32)36-17-11-13-30-12-5-6-14-35(30)36/h5-29H,1-4H3. The van der Waals surface area contributed by atoms with Crippen molar-refractivity contribution in [3.63, 3.8) is 0 Å².